The number of carbonyl (C=O) groups is 1. The minimum atomic E-state index is 0.163. The Morgan fingerprint density at radius 1 is 1.14 bits per heavy atom. The standard InChI is InChI=1S/C24H26N4O/c1-15(2)23-26-14-20(21-6-4-5-11-25-21)22(28-23)18-9-7-17(8-10-18)13-27-24(29)19-12-16(19)3/h4-11,14-16,19H,12-13H2,1-3H3,(H,27,29)/t16-,19+/m0/s1. The van der Waals surface area contributed by atoms with Crippen LogP contribution >= 0.6 is 0 Å². The van der Waals surface area contributed by atoms with Gasteiger partial charge in [-0.15, -0.1) is 0 Å². The van der Waals surface area contributed by atoms with Crippen molar-refractivity contribution in [2.24, 2.45) is 11.8 Å². The average Bonchev–Trinajstić information content (AvgIpc) is 3.49. The lowest BCUT2D eigenvalue weighted by molar-refractivity contribution is -0.122. The van der Waals surface area contributed by atoms with Crippen LogP contribution in [0.1, 0.15) is 44.5 Å². The summed E-state index contributed by atoms with van der Waals surface area (Å²) in [6.07, 6.45) is 4.65. The summed E-state index contributed by atoms with van der Waals surface area (Å²) in [6.45, 7) is 6.85. The molecule has 1 aliphatic carbocycles. The molecule has 2 aromatic heterocycles. The van der Waals surface area contributed by atoms with Crippen LogP contribution < -0.4 is 5.32 Å². The summed E-state index contributed by atoms with van der Waals surface area (Å²) in [7, 11) is 0. The minimum absolute atomic E-state index is 0.163. The van der Waals surface area contributed by atoms with Crippen molar-refractivity contribution in [1.29, 1.82) is 0 Å². The number of nitrogens with zero attached hydrogens (tertiary/aromatic N) is 3. The molecule has 1 saturated carbocycles. The topological polar surface area (TPSA) is 67.8 Å². The summed E-state index contributed by atoms with van der Waals surface area (Å²) in [5.74, 6) is 1.94. The van der Waals surface area contributed by atoms with E-state index in [0.717, 1.165) is 40.3 Å². The Kier molecular flexibility index (Phi) is 5.38. The van der Waals surface area contributed by atoms with Crippen LogP contribution in [0.4, 0.5) is 0 Å². The summed E-state index contributed by atoms with van der Waals surface area (Å²) in [5, 5.41) is 3.04. The quantitative estimate of drug-likeness (QED) is 0.672. The number of benzene rings is 1. The van der Waals surface area contributed by atoms with E-state index in [1.807, 2.05) is 36.5 Å². The van der Waals surface area contributed by atoms with Crippen molar-refractivity contribution in [3.63, 3.8) is 0 Å². The number of rotatable bonds is 6. The molecular formula is C24H26N4O. The Balaban J connectivity index is 1.59. The molecule has 0 radical (unpaired) electrons. The van der Waals surface area contributed by atoms with E-state index in [1.54, 1.807) is 6.20 Å². The smallest absolute Gasteiger partial charge is 0.223 e. The van der Waals surface area contributed by atoms with Crippen molar-refractivity contribution >= 4 is 5.91 Å². The Morgan fingerprint density at radius 2 is 1.90 bits per heavy atom. The second-order valence-corrected chi connectivity index (χ2v) is 8.09. The minimum Gasteiger partial charge on any atom is -0.352 e. The zero-order valence-corrected chi connectivity index (χ0v) is 17.1. The van der Waals surface area contributed by atoms with Gasteiger partial charge in [0.1, 0.15) is 5.82 Å². The van der Waals surface area contributed by atoms with Crippen molar-refractivity contribution in [3.8, 4) is 22.5 Å². The number of hydrogen-bond acceptors (Lipinski definition) is 4. The molecule has 5 nitrogen and oxygen atoms in total. The molecule has 1 N–H and O–H groups in total. The van der Waals surface area contributed by atoms with Crippen LogP contribution in [-0.2, 0) is 11.3 Å². The van der Waals surface area contributed by atoms with Crippen molar-refractivity contribution < 1.29 is 4.79 Å². The van der Waals surface area contributed by atoms with Gasteiger partial charge in [-0.2, -0.15) is 0 Å². The molecule has 4 rings (SSSR count). The first-order chi connectivity index (χ1) is 14.0. The van der Waals surface area contributed by atoms with E-state index in [-0.39, 0.29) is 17.7 Å². The number of amides is 1. The Morgan fingerprint density at radius 3 is 2.52 bits per heavy atom. The number of carbonyl (C=O) groups excluding carboxylic acids is 1. The van der Waals surface area contributed by atoms with Gasteiger partial charge >= 0.3 is 0 Å². The molecule has 1 fully saturated rings. The van der Waals surface area contributed by atoms with Crippen LogP contribution in [0.15, 0.2) is 54.9 Å². The molecule has 0 unspecified atom stereocenters. The zero-order valence-electron chi connectivity index (χ0n) is 17.1. The number of hydrogen-bond donors (Lipinski definition) is 1. The molecular weight excluding hydrogens is 360 g/mol. The zero-order chi connectivity index (χ0) is 20.4. The normalized spacial score (nSPS) is 17.9. The van der Waals surface area contributed by atoms with Gasteiger partial charge in [0.05, 0.1) is 11.4 Å². The van der Waals surface area contributed by atoms with Crippen LogP contribution in [-0.4, -0.2) is 20.9 Å². The third kappa shape index (κ3) is 4.34. The SMILES string of the molecule is CC(C)c1ncc(-c2ccccn2)c(-c2ccc(CNC(=O)[C@@H]3C[C@@H]3C)cc2)n1. The molecule has 0 bridgehead atoms. The molecule has 2 heterocycles. The fourth-order valence-corrected chi connectivity index (χ4v) is 3.39. The fraction of sp³-hybridized carbons (Fsp3) is 0.333. The highest BCUT2D eigenvalue weighted by molar-refractivity contribution is 5.81. The molecule has 1 aliphatic rings. The monoisotopic (exact) mass is 386 g/mol. The van der Waals surface area contributed by atoms with E-state index in [9.17, 15) is 4.79 Å². The molecule has 1 amide bonds. The van der Waals surface area contributed by atoms with Gasteiger partial charge in [-0.25, -0.2) is 9.97 Å². The van der Waals surface area contributed by atoms with Crippen molar-refractivity contribution in [3.05, 3.63) is 66.2 Å². The van der Waals surface area contributed by atoms with Gasteiger partial charge < -0.3 is 5.32 Å². The molecule has 0 spiro atoms. The number of aromatic nitrogens is 3. The predicted molar refractivity (Wildman–Crippen MR) is 114 cm³/mol. The largest absolute Gasteiger partial charge is 0.352 e. The van der Waals surface area contributed by atoms with Crippen molar-refractivity contribution in [1.82, 2.24) is 20.3 Å². The van der Waals surface area contributed by atoms with E-state index < -0.39 is 0 Å². The molecule has 0 aliphatic heterocycles. The highest BCUT2D eigenvalue weighted by Crippen LogP contribution is 2.37. The Hall–Kier alpha value is -3.08. The van der Waals surface area contributed by atoms with E-state index in [1.165, 1.54) is 0 Å². The summed E-state index contributed by atoms with van der Waals surface area (Å²) in [5.41, 5.74) is 4.74. The van der Waals surface area contributed by atoms with Gasteiger partial charge in [0, 0.05) is 41.9 Å². The summed E-state index contributed by atoms with van der Waals surface area (Å²) < 4.78 is 0. The Bertz CT molecular complexity index is 999. The fourth-order valence-electron chi connectivity index (χ4n) is 3.39. The highest BCUT2D eigenvalue weighted by atomic mass is 16.2. The van der Waals surface area contributed by atoms with Crippen molar-refractivity contribution in [2.45, 2.75) is 39.7 Å². The maximum atomic E-state index is 12.0. The van der Waals surface area contributed by atoms with Crippen LogP contribution in [0, 0.1) is 11.8 Å². The van der Waals surface area contributed by atoms with E-state index in [2.05, 4.69) is 48.2 Å². The Labute approximate surface area is 171 Å². The summed E-state index contributed by atoms with van der Waals surface area (Å²) >= 11 is 0. The molecule has 148 valence electrons. The van der Waals surface area contributed by atoms with Gasteiger partial charge in [0.15, 0.2) is 0 Å². The number of pyridine rings is 1. The highest BCUT2D eigenvalue weighted by Gasteiger charge is 2.38. The van der Waals surface area contributed by atoms with E-state index >= 15 is 0 Å². The second-order valence-electron chi connectivity index (χ2n) is 8.09. The summed E-state index contributed by atoms with van der Waals surface area (Å²) in [4.78, 5) is 25.9. The van der Waals surface area contributed by atoms with Gasteiger partial charge in [0.25, 0.3) is 0 Å². The lowest BCUT2D eigenvalue weighted by atomic mass is 10.0. The van der Waals surface area contributed by atoms with Gasteiger partial charge in [-0.05, 0) is 30.0 Å². The van der Waals surface area contributed by atoms with Crippen molar-refractivity contribution in [2.75, 3.05) is 0 Å². The lowest BCUT2D eigenvalue weighted by Crippen LogP contribution is -2.24. The lowest BCUT2D eigenvalue weighted by Gasteiger charge is -2.12. The summed E-state index contributed by atoms with van der Waals surface area (Å²) in [6, 6.07) is 14.0. The molecule has 0 saturated heterocycles. The third-order valence-electron chi connectivity index (χ3n) is 5.40. The molecule has 29 heavy (non-hydrogen) atoms. The second kappa shape index (κ2) is 8.11. The number of nitrogens with one attached hydrogen (secondary N) is 1. The first-order valence-electron chi connectivity index (χ1n) is 10.2. The first-order valence-corrected chi connectivity index (χ1v) is 10.2. The van der Waals surface area contributed by atoms with Crippen LogP contribution in [0.3, 0.4) is 0 Å². The third-order valence-corrected chi connectivity index (χ3v) is 5.40. The molecule has 2 atom stereocenters. The van der Waals surface area contributed by atoms with Gasteiger partial charge in [0.2, 0.25) is 5.91 Å². The van der Waals surface area contributed by atoms with Gasteiger partial charge in [-0.1, -0.05) is 51.1 Å². The van der Waals surface area contributed by atoms with Gasteiger partial charge in [-0.3, -0.25) is 9.78 Å². The van der Waals surface area contributed by atoms with E-state index in [0.29, 0.717) is 12.5 Å². The average molecular weight is 386 g/mol. The van der Waals surface area contributed by atoms with Crippen LogP contribution in [0.2, 0.25) is 0 Å². The molecule has 3 aromatic rings. The van der Waals surface area contributed by atoms with Crippen LogP contribution in [0.5, 0.6) is 0 Å². The van der Waals surface area contributed by atoms with Crippen LogP contribution in [0.25, 0.3) is 22.5 Å². The molecule has 5 heteroatoms. The maximum Gasteiger partial charge on any atom is 0.223 e. The van der Waals surface area contributed by atoms with E-state index in [4.69, 9.17) is 4.98 Å². The first kappa shape index (κ1) is 19.2. The maximum absolute atomic E-state index is 12.0. The molecule has 1 aromatic carbocycles. The predicted octanol–water partition coefficient (Wildman–Crippen LogP) is 4.60.